The summed E-state index contributed by atoms with van der Waals surface area (Å²) in [6, 6.07) is 7.15. The Bertz CT molecular complexity index is 670. The summed E-state index contributed by atoms with van der Waals surface area (Å²) in [5, 5.41) is 2.73. The lowest BCUT2D eigenvalue weighted by Crippen LogP contribution is -2.49. The normalized spacial score (nSPS) is 19.4. The lowest BCUT2D eigenvalue weighted by atomic mass is 10.2. The van der Waals surface area contributed by atoms with Gasteiger partial charge in [-0.05, 0) is 31.9 Å². The highest BCUT2D eigenvalue weighted by Crippen LogP contribution is 2.33. The van der Waals surface area contributed by atoms with Crippen LogP contribution < -0.4 is 15.0 Å². The smallest absolute Gasteiger partial charge is 0.268 e. The molecule has 7 nitrogen and oxygen atoms in total. The molecule has 2 aliphatic rings. The third kappa shape index (κ3) is 3.92. The average Bonchev–Trinajstić information content (AvgIpc) is 3.13. The monoisotopic (exact) mass is 345 g/mol. The van der Waals surface area contributed by atoms with Crippen molar-refractivity contribution >= 4 is 23.4 Å². The molecule has 0 radical (unpaired) electrons. The van der Waals surface area contributed by atoms with Gasteiger partial charge in [0.15, 0.2) is 6.10 Å². The van der Waals surface area contributed by atoms with Gasteiger partial charge in [-0.25, -0.2) is 0 Å². The number of hydrogen-bond donors (Lipinski definition) is 1. The molecule has 2 aliphatic heterocycles. The van der Waals surface area contributed by atoms with Crippen molar-refractivity contribution in [2.45, 2.75) is 32.3 Å². The minimum atomic E-state index is -0.626. The lowest BCUT2D eigenvalue weighted by molar-refractivity contribution is -0.130. The summed E-state index contributed by atoms with van der Waals surface area (Å²) in [7, 11) is 0. The van der Waals surface area contributed by atoms with Gasteiger partial charge in [-0.1, -0.05) is 12.1 Å². The van der Waals surface area contributed by atoms with Crippen LogP contribution in [0.15, 0.2) is 24.3 Å². The third-order valence-electron chi connectivity index (χ3n) is 4.50. The Hall–Kier alpha value is -2.57. The molecule has 3 rings (SSSR count). The number of ether oxygens (including phenoxy) is 1. The first kappa shape index (κ1) is 17.3. The number of fused-ring (bicyclic) bond motifs is 1. The summed E-state index contributed by atoms with van der Waals surface area (Å²) in [5.41, 5.74) is 0.592. The second-order valence-corrected chi connectivity index (χ2v) is 6.34. The van der Waals surface area contributed by atoms with Crippen molar-refractivity contribution in [3.8, 4) is 5.75 Å². The number of nitrogens with zero attached hydrogens (tertiary/aromatic N) is 2. The summed E-state index contributed by atoms with van der Waals surface area (Å²) in [5.74, 6) is 0.124. The van der Waals surface area contributed by atoms with Crippen LogP contribution in [0.3, 0.4) is 0 Å². The summed E-state index contributed by atoms with van der Waals surface area (Å²) < 4.78 is 5.55. The number of carbonyl (C=O) groups is 3. The van der Waals surface area contributed by atoms with E-state index in [1.165, 1.54) is 4.90 Å². The van der Waals surface area contributed by atoms with Crippen LogP contribution in [0, 0.1) is 0 Å². The number of anilines is 1. The van der Waals surface area contributed by atoms with Crippen LogP contribution in [0.2, 0.25) is 0 Å². The number of carbonyl (C=O) groups excluding carboxylic acids is 3. The van der Waals surface area contributed by atoms with Crippen molar-refractivity contribution in [1.82, 2.24) is 10.2 Å². The maximum Gasteiger partial charge on any atom is 0.268 e. The maximum atomic E-state index is 12.3. The fraction of sp³-hybridized carbons (Fsp3) is 0.500. The molecule has 1 saturated heterocycles. The van der Waals surface area contributed by atoms with Crippen molar-refractivity contribution in [1.29, 1.82) is 0 Å². The van der Waals surface area contributed by atoms with Crippen LogP contribution in [-0.2, 0) is 14.4 Å². The molecular formula is C18H23N3O4. The van der Waals surface area contributed by atoms with E-state index < -0.39 is 6.10 Å². The van der Waals surface area contributed by atoms with Crippen molar-refractivity contribution in [3.05, 3.63) is 24.3 Å². The fourth-order valence-corrected chi connectivity index (χ4v) is 3.15. The number of hydrogen-bond acceptors (Lipinski definition) is 4. The Balaban J connectivity index is 1.53. The Labute approximate surface area is 146 Å². The molecule has 0 spiro atoms. The summed E-state index contributed by atoms with van der Waals surface area (Å²) in [4.78, 5) is 39.8. The van der Waals surface area contributed by atoms with Crippen LogP contribution in [0.5, 0.6) is 5.75 Å². The van der Waals surface area contributed by atoms with Crippen LogP contribution in [0.4, 0.5) is 5.69 Å². The summed E-state index contributed by atoms with van der Waals surface area (Å²) in [6.07, 6.45) is 1.76. The Morgan fingerprint density at radius 1 is 1.24 bits per heavy atom. The van der Waals surface area contributed by atoms with Crippen molar-refractivity contribution < 1.29 is 19.1 Å². The van der Waals surface area contributed by atoms with Gasteiger partial charge in [-0.15, -0.1) is 0 Å². The predicted molar refractivity (Wildman–Crippen MR) is 92.3 cm³/mol. The van der Waals surface area contributed by atoms with E-state index in [1.807, 2.05) is 11.0 Å². The van der Waals surface area contributed by atoms with E-state index in [-0.39, 0.29) is 37.2 Å². The molecule has 0 saturated carbocycles. The molecule has 1 aromatic rings. The number of benzene rings is 1. The number of para-hydroxylation sites is 2. The molecule has 25 heavy (non-hydrogen) atoms. The second kappa shape index (κ2) is 7.55. The summed E-state index contributed by atoms with van der Waals surface area (Å²) >= 11 is 0. The van der Waals surface area contributed by atoms with Gasteiger partial charge in [-0.2, -0.15) is 0 Å². The first-order valence-corrected chi connectivity index (χ1v) is 8.68. The highest BCUT2D eigenvalue weighted by Gasteiger charge is 2.32. The number of likely N-dealkylation sites (tertiary alicyclic amines) is 1. The van der Waals surface area contributed by atoms with Gasteiger partial charge >= 0.3 is 0 Å². The van der Waals surface area contributed by atoms with Crippen molar-refractivity contribution in [2.24, 2.45) is 0 Å². The van der Waals surface area contributed by atoms with E-state index in [0.717, 1.165) is 25.9 Å². The van der Waals surface area contributed by atoms with E-state index in [1.54, 1.807) is 25.1 Å². The zero-order valence-electron chi connectivity index (χ0n) is 14.4. The van der Waals surface area contributed by atoms with Gasteiger partial charge in [0.05, 0.1) is 5.69 Å². The molecule has 3 amide bonds. The highest BCUT2D eigenvalue weighted by molar-refractivity contribution is 6.03. The van der Waals surface area contributed by atoms with Gasteiger partial charge < -0.3 is 15.0 Å². The van der Waals surface area contributed by atoms with Crippen LogP contribution >= 0.6 is 0 Å². The van der Waals surface area contributed by atoms with Gasteiger partial charge in [0.25, 0.3) is 5.91 Å². The van der Waals surface area contributed by atoms with Gasteiger partial charge in [0.2, 0.25) is 11.8 Å². The van der Waals surface area contributed by atoms with Crippen LogP contribution in [0.1, 0.15) is 26.2 Å². The molecule has 0 aliphatic carbocycles. The van der Waals surface area contributed by atoms with E-state index in [0.29, 0.717) is 11.4 Å². The van der Waals surface area contributed by atoms with Crippen molar-refractivity contribution in [2.75, 3.05) is 31.1 Å². The number of nitrogens with one attached hydrogen (secondary N) is 1. The Morgan fingerprint density at radius 3 is 2.72 bits per heavy atom. The fourth-order valence-electron chi connectivity index (χ4n) is 3.15. The topological polar surface area (TPSA) is 79.0 Å². The first-order valence-electron chi connectivity index (χ1n) is 8.68. The first-order chi connectivity index (χ1) is 12.1. The molecule has 1 N–H and O–H groups in total. The third-order valence-corrected chi connectivity index (χ3v) is 4.50. The van der Waals surface area contributed by atoms with Crippen molar-refractivity contribution in [3.63, 3.8) is 0 Å². The molecule has 7 heteroatoms. The van der Waals surface area contributed by atoms with Gasteiger partial charge in [-0.3, -0.25) is 19.3 Å². The number of rotatable bonds is 5. The molecule has 0 aromatic heterocycles. The zero-order valence-corrected chi connectivity index (χ0v) is 14.4. The van der Waals surface area contributed by atoms with Crippen LogP contribution in [-0.4, -0.2) is 54.9 Å². The molecule has 134 valence electrons. The minimum Gasteiger partial charge on any atom is -0.479 e. The standard InChI is InChI=1S/C18H23N3O4/c1-13-18(24)21(14-6-2-3-7-15(14)25-13)12-16(22)19-9-8-17(23)20-10-4-5-11-20/h2-3,6-7,13H,4-5,8-12H2,1H3,(H,19,22). The van der Waals surface area contributed by atoms with Crippen LogP contribution in [0.25, 0.3) is 0 Å². The lowest BCUT2D eigenvalue weighted by Gasteiger charge is -2.32. The predicted octanol–water partition coefficient (Wildman–Crippen LogP) is 0.929. The molecule has 1 fully saturated rings. The van der Waals surface area contributed by atoms with Gasteiger partial charge in [0.1, 0.15) is 12.3 Å². The quantitative estimate of drug-likeness (QED) is 0.861. The highest BCUT2D eigenvalue weighted by atomic mass is 16.5. The van der Waals surface area contributed by atoms with Gasteiger partial charge in [0, 0.05) is 26.1 Å². The Kier molecular flexibility index (Phi) is 5.21. The number of amides is 3. The molecular weight excluding hydrogens is 322 g/mol. The molecule has 1 atom stereocenters. The molecule has 2 heterocycles. The SMILES string of the molecule is CC1Oc2ccccc2N(CC(=O)NCCC(=O)N2CCCC2)C1=O. The van der Waals surface area contributed by atoms with E-state index in [4.69, 9.17) is 4.74 Å². The van der Waals surface area contributed by atoms with E-state index >= 15 is 0 Å². The largest absolute Gasteiger partial charge is 0.479 e. The summed E-state index contributed by atoms with van der Waals surface area (Å²) in [6.45, 7) is 3.48. The minimum absolute atomic E-state index is 0.0687. The second-order valence-electron chi connectivity index (χ2n) is 6.34. The zero-order chi connectivity index (χ0) is 17.8. The average molecular weight is 345 g/mol. The maximum absolute atomic E-state index is 12.3. The van der Waals surface area contributed by atoms with E-state index in [2.05, 4.69) is 5.32 Å². The molecule has 1 aromatic carbocycles. The Morgan fingerprint density at radius 2 is 1.96 bits per heavy atom. The molecule has 1 unspecified atom stereocenters. The molecule has 0 bridgehead atoms. The van der Waals surface area contributed by atoms with E-state index in [9.17, 15) is 14.4 Å².